The van der Waals surface area contributed by atoms with E-state index in [0.717, 1.165) is 0 Å². The Morgan fingerprint density at radius 2 is 2.12 bits per heavy atom. The number of anilines is 2. The highest BCUT2D eigenvalue weighted by Crippen LogP contribution is 2.39. The van der Waals surface area contributed by atoms with Gasteiger partial charge in [-0.1, -0.05) is 6.07 Å². The predicted octanol–water partition coefficient (Wildman–Crippen LogP) is 0.607. The fourth-order valence-electron chi connectivity index (χ4n) is 2.80. The molecular formula is C15H12N4O5. The Hall–Kier alpha value is -3.49. The number of benzene rings is 1. The van der Waals surface area contributed by atoms with Crippen LogP contribution in [-0.2, 0) is 4.79 Å². The van der Waals surface area contributed by atoms with Gasteiger partial charge in [-0.25, -0.2) is 4.79 Å². The molecule has 5 N–H and O–H groups in total. The first-order chi connectivity index (χ1) is 11.5. The van der Waals surface area contributed by atoms with Crippen LogP contribution in [0.5, 0.6) is 11.5 Å². The standard InChI is InChI=1S/C15H12N4O5/c16-15-18-12-11(13(20)19-15)7(4-8(17-12)14(21)22)6-1-2-9-10(3-6)24-5-23-9/h1-4,7H,5H2,(H,21,22)(H4,16,17,18,19,20). The molecule has 0 saturated heterocycles. The average molecular weight is 328 g/mol. The highest BCUT2D eigenvalue weighted by atomic mass is 16.7. The van der Waals surface area contributed by atoms with Gasteiger partial charge in [0.05, 0.1) is 5.56 Å². The second-order valence-electron chi connectivity index (χ2n) is 5.31. The summed E-state index contributed by atoms with van der Waals surface area (Å²) >= 11 is 0. The van der Waals surface area contributed by atoms with Crippen LogP contribution in [0, 0.1) is 0 Å². The number of aliphatic carboxylic acids is 1. The molecule has 2 aromatic rings. The highest BCUT2D eigenvalue weighted by molar-refractivity contribution is 5.91. The molecule has 9 nitrogen and oxygen atoms in total. The lowest BCUT2D eigenvalue weighted by molar-refractivity contribution is -0.132. The van der Waals surface area contributed by atoms with Crippen LogP contribution in [0.1, 0.15) is 17.0 Å². The van der Waals surface area contributed by atoms with Crippen LogP contribution in [-0.4, -0.2) is 27.8 Å². The van der Waals surface area contributed by atoms with E-state index >= 15 is 0 Å². The SMILES string of the molecule is Nc1nc2c(c(=O)[nH]1)C(c1ccc3c(c1)OCO3)C=C(C(=O)O)N2. The van der Waals surface area contributed by atoms with Gasteiger partial charge in [0.2, 0.25) is 12.7 Å². The second-order valence-corrected chi connectivity index (χ2v) is 5.31. The van der Waals surface area contributed by atoms with Crippen molar-refractivity contribution in [2.24, 2.45) is 0 Å². The van der Waals surface area contributed by atoms with E-state index in [4.69, 9.17) is 15.2 Å². The molecule has 1 aromatic heterocycles. The Labute approximate surface area is 134 Å². The van der Waals surface area contributed by atoms with E-state index in [0.29, 0.717) is 17.1 Å². The molecule has 1 unspecified atom stereocenters. The number of nitrogens with two attached hydrogens (primary N) is 1. The number of carboxylic acids is 1. The molecule has 122 valence electrons. The monoisotopic (exact) mass is 328 g/mol. The fraction of sp³-hybridized carbons (Fsp3) is 0.133. The summed E-state index contributed by atoms with van der Waals surface area (Å²) in [7, 11) is 0. The van der Waals surface area contributed by atoms with Crippen LogP contribution in [0.3, 0.4) is 0 Å². The number of aromatic nitrogens is 2. The highest BCUT2D eigenvalue weighted by Gasteiger charge is 2.29. The van der Waals surface area contributed by atoms with Crippen LogP contribution < -0.4 is 26.1 Å². The van der Waals surface area contributed by atoms with Crippen molar-refractivity contribution in [1.82, 2.24) is 9.97 Å². The molecule has 0 spiro atoms. The molecule has 9 heteroatoms. The van der Waals surface area contributed by atoms with Crippen LogP contribution in [0.15, 0.2) is 34.8 Å². The van der Waals surface area contributed by atoms with E-state index in [2.05, 4.69) is 15.3 Å². The van der Waals surface area contributed by atoms with Gasteiger partial charge in [0.15, 0.2) is 11.5 Å². The summed E-state index contributed by atoms with van der Waals surface area (Å²) in [5.74, 6) is -0.607. The number of fused-ring (bicyclic) bond motifs is 2. The lowest BCUT2D eigenvalue weighted by Gasteiger charge is -2.23. The number of ether oxygens (including phenoxy) is 2. The van der Waals surface area contributed by atoms with E-state index < -0.39 is 17.4 Å². The third kappa shape index (κ3) is 2.14. The molecule has 2 aliphatic heterocycles. The van der Waals surface area contributed by atoms with Crippen LogP contribution in [0.2, 0.25) is 0 Å². The zero-order valence-corrected chi connectivity index (χ0v) is 12.2. The molecule has 0 amide bonds. The van der Waals surface area contributed by atoms with Gasteiger partial charge in [-0.05, 0) is 23.8 Å². The van der Waals surface area contributed by atoms with Gasteiger partial charge in [-0.3, -0.25) is 9.78 Å². The molecule has 2 aliphatic rings. The smallest absolute Gasteiger partial charge is 0.352 e. The van der Waals surface area contributed by atoms with Gasteiger partial charge in [-0.15, -0.1) is 0 Å². The summed E-state index contributed by atoms with van der Waals surface area (Å²) < 4.78 is 10.6. The van der Waals surface area contributed by atoms with E-state index in [-0.39, 0.29) is 29.8 Å². The molecule has 3 heterocycles. The number of nitrogen functional groups attached to an aromatic ring is 1. The molecule has 0 fully saturated rings. The summed E-state index contributed by atoms with van der Waals surface area (Å²) in [4.78, 5) is 30.1. The third-order valence-electron chi connectivity index (χ3n) is 3.86. The lowest BCUT2D eigenvalue weighted by atomic mass is 9.89. The van der Waals surface area contributed by atoms with E-state index in [1.165, 1.54) is 6.08 Å². The molecule has 1 aromatic carbocycles. The van der Waals surface area contributed by atoms with Gasteiger partial charge < -0.3 is 25.6 Å². The molecule has 0 aliphatic carbocycles. The topological polar surface area (TPSA) is 140 Å². The molecule has 1 atom stereocenters. The minimum absolute atomic E-state index is 0.0809. The Bertz CT molecular complexity index is 949. The maximum Gasteiger partial charge on any atom is 0.352 e. The van der Waals surface area contributed by atoms with Crippen LogP contribution >= 0.6 is 0 Å². The van der Waals surface area contributed by atoms with Crippen molar-refractivity contribution in [1.29, 1.82) is 0 Å². The molecule has 0 radical (unpaired) electrons. The van der Waals surface area contributed by atoms with Crippen molar-refractivity contribution in [2.75, 3.05) is 17.8 Å². The average Bonchev–Trinajstić information content (AvgIpc) is 3.00. The number of nitrogens with one attached hydrogen (secondary N) is 2. The summed E-state index contributed by atoms with van der Waals surface area (Å²) in [6.45, 7) is 0.122. The van der Waals surface area contributed by atoms with E-state index in [9.17, 15) is 14.7 Å². The lowest BCUT2D eigenvalue weighted by Crippen LogP contribution is -2.27. The first kappa shape index (κ1) is 14.1. The van der Waals surface area contributed by atoms with Gasteiger partial charge in [-0.2, -0.15) is 4.98 Å². The van der Waals surface area contributed by atoms with Crippen molar-refractivity contribution in [3.8, 4) is 11.5 Å². The number of rotatable bonds is 2. The van der Waals surface area contributed by atoms with E-state index in [1.54, 1.807) is 18.2 Å². The third-order valence-corrected chi connectivity index (χ3v) is 3.86. The Balaban J connectivity index is 1.90. The van der Waals surface area contributed by atoms with Crippen molar-refractivity contribution >= 4 is 17.7 Å². The first-order valence-corrected chi connectivity index (χ1v) is 7.04. The Morgan fingerprint density at radius 1 is 1.33 bits per heavy atom. The maximum atomic E-state index is 12.3. The summed E-state index contributed by atoms with van der Waals surface area (Å²) in [6.07, 6.45) is 1.45. The number of H-pyrrole nitrogens is 1. The quantitative estimate of drug-likeness (QED) is 0.628. The van der Waals surface area contributed by atoms with Crippen LogP contribution in [0.25, 0.3) is 0 Å². The van der Waals surface area contributed by atoms with E-state index in [1.807, 2.05) is 0 Å². The Morgan fingerprint density at radius 3 is 2.92 bits per heavy atom. The van der Waals surface area contributed by atoms with Gasteiger partial charge >= 0.3 is 5.97 Å². The van der Waals surface area contributed by atoms with Gasteiger partial charge in [0.1, 0.15) is 11.5 Å². The predicted molar refractivity (Wildman–Crippen MR) is 83.0 cm³/mol. The number of hydrogen-bond acceptors (Lipinski definition) is 7. The molecule has 24 heavy (non-hydrogen) atoms. The van der Waals surface area contributed by atoms with Crippen molar-refractivity contribution < 1.29 is 19.4 Å². The first-order valence-electron chi connectivity index (χ1n) is 7.04. The number of carboxylic acid groups (broad SMARTS) is 1. The molecule has 0 bridgehead atoms. The van der Waals surface area contributed by atoms with Crippen LogP contribution in [0.4, 0.5) is 11.8 Å². The Kier molecular flexibility index (Phi) is 2.95. The fourth-order valence-corrected chi connectivity index (χ4v) is 2.80. The number of allylic oxidation sites excluding steroid dienone is 1. The number of aromatic amines is 1. The minimum atomic E-state index is -1.16. The minimum Gasteiger partial charge on any atom is -0.477 e. The normalized spacial score (nSPS) is 17.7. The van der Waals surface area contributed by atoms with Crippen molar-refractivity contribution in [3.05, 3.63) is 51.5 Å². The van der Waals surface area contributed by atoms with Crippen molar-refractivity contribution in [3.63, 3.8) is 0 Å². The van der Waals surface area contributed by atoms with Gasteiger partial charge in [0.25, 0.3) is 5.56 Å². The zero-order chi connectivity index (χ0) is 16.8. The maximum absolute atomic E-state index is 12.3. The number of nitrogens with zero attached hydrogens (tertiary/aromatic N) is 1. The number of carbonyl (C=O) groups is 1. The number of hydrogen-bond donors (Lipinski definition) is 4. The largest absolute Gasteiger partial charge is 0.477 e. The van der Waals surface area contributed by atoms with Crippen molar-refractivity contribution in [2.45, 2.75) is 5.92 Å². The molecule has 4 rings (SSSR count). The van der Waals surface area contributed by atoms with Gasteiger partial charge in [0, 0.05) is 5.92 Å². The summed E-state index contributed by atoms with van der Waals surface area (Å²) in [6, 6.07) is 5.18. The molecule has 0 saturated carbocycles. The summed E-state index contributed by atoms with van der Waals surface area (Å²) in [5, 5.41) is 11.9. The molecular weight excluding hydrogens is 316 g/mol. The summed E-state index contributed by atoms with van der Waals surface area (Å²) in [5.41, 5.74) is 6.00. The zero-order valence-electron chi connectivity index (χ0n) is 12.2. The second kappa shape index (κ2) is 5.01.